The molecule has 0 aliphatic carbocycles. The normalized spacial score (nSPS) is 10.7. The van der Waals surface area contributed by atoms with E-state index in [2.05, 4.69) is 5.16 Å². The number of aldehydes is 1. The van der Waals surface area contributed by atoms with Crippen molar-refractivity contribution in [3.8, 4) is 11.3 Å². The Morgan fingerprint density at radius 3 is 2.78 bits per heavy atom. The van der Waals surface area contributed by atoms with Crippen molar-refractivity contribution in [1.29, 1.82) is 0 Å². The summed E-state index contributed by atoms with van der Waals surface area (Å²) in [5.41, 5.74) is 3.86. The first-order valence-corrected chi connectivity index (χ1v) is 5.71. The van der Waals surface area contributed by atoms with Gasteiger partial charge in [0.2, 0.25) is 0 Å². The van der Waals surface area contributed by atoms with Crippen LogP contribution < -0.4 is 0 Å². The molecule has 1 heterocycles. The number of benzene rings is 2. The first-order chi connectivity index (χ1) is 8.81. The van der Waals surface area contributed by atoms with Crippen molar-refractivity contribution in [2.24, 2.45) is 0 Å². The number of aryl methyl sites for hydroxylation is 1. The zero-order chi connectivity index (χ0) is 12.5. The van der Waals surface area contributed by atoms with Crippen LogP contribution in [0.4, 0.5) is 0 Å². The number of fused-ring (bicyclic) bond motifs is 1. The summed E-state index contributed by atoms with van der Waals surface area (Å²) in [6.45, 7) is 1.91. The van der Waals surface area contributed by atoms with Crippen molar-refractivity contribution < 1.29 is 9.32 Å². The third kappa shape index (κ3) is 1.52. The highest BCUT2D eigenvalue weighted by atomic mass is 16.5. The Hall–Kier alpha value is -2.42. The maximum absolute atomic E-state index is 11.2. The van der Waals surface area contributed by atoms with E-state index in [9.17, 15) is 4.79 Å². The van der Waals surface area contributed by atoms with Crippen LogP contribution in [0.3, 0.4) is 0 Å². The number of para-hydroxylation sites is 1. The zero-order valence-corrected chi connectivity index (χ0v) is 9.88. The van der Waals surface area contributed by atoms with Gasteiger partial charge in [0.05, 0.1) is 0 Å². The fourth-order valence-electron chi connectivity index (χ4n) is 2.12. The molecule has 2 aromatic carbocycles. The van der Waals surface area contributed by atoms with Crippen molar-refractivity contribution in [3.05, 3.63) is 53.6 Å². The molecule has 0 fully saturated rings. The van der Waals surface area contributed by atoms with Crippen molar-refractivity contribution in [1.82, 2.24) is 5.16 Å². The minimum Gasteiger partial charge on any atom is -0.356 e. The van der Waals surface area contributed by atoms with Crippen molar-refractivity contribution >= 4 is 17.3 Å². The summed E-state index contributed by atoms with van der Waals surface area (Å²) in [7, 11) is 0. The first-order valence-electron chi connectivity index (χ1n) is 5.71. The molecular weight excluding hydrogens is 226 g/mol. The Balaban J connectivity index is 2.33. The number of hydrogen-bond acceptors (Lipinski definition) is 3. The van der Waals surface area contributed by atoms with Gasteiger partial charge in [0.1, 0.15) is 5.69 Å². The minimum absolute atomic E-state index is 0.663. The van der Waals surface area contributed by atoms with Crippen LogP contribution in [0, 0.1) is 6.92 Å². The van der Waals surface area contributed by atoms with E-state index in [1.54, 1.807) is 0 Å². The number of hydrogen-bond donors (Lipinski definition) is 0. The Labute approximate surface area is 104 Å². The molecule has 3 nitrogen and oxygen atoms in total. The Kier molecular flexibility index (Phi) is 2.45. The third-order valence-electron chi connectivity index (χ3n) is 3.07. The van der Waals surface area contributed by atoms with Crippen molar-refractivity contribution in [3.63, 3.8) is 0 Å². The Bertz CT molecular complexity index is 728. The molecule has 88 valence electrons. The van der Waals surface area contributed by atoms with Gasteiger partial charge in [-0.25, -0.2) is 0 Å². The minimum atomic E-state index is 0.663. The second-order valence-corrected chi connectivity index (χ2v) is 4.18. The van der Waals surface area contributed by atoms with Gasteiger partial charge >= 0.3 is 0 Å². The molecule has 0 unspecified atom stereocenters. The second kappa shape index (κ2) is 4.11. The monoisotopic (exact) mass is 237 g/mol. The molecule has 3 aromatic rings. The number of aromatic nitrogens is 1. The maximum Gasteiger partial charge on any atom is 0.167 e. The smallest absolute Gasteiger partial charge is 0.167 e. The molecule has 0 radical (unpaired) electrons. The lowest BCUT2D eigenvalue weighted by atomic mass is 9.99. The summed E-state index contributed by atoms with van der Waals surface area (Å²) in [6.07, 6.45) is 0.869. The standard InChI is InChI=1S/C15H11NO2/c1-10-5-4-7-11(13(10)9-17)15-12-6-2-3-8-14(12)18-16-15/h2-9H,1H3. The summed E-state index contributed by atoms with van der Waals surface area (Å²) >= 11 is 0. The average molecular weight is 237 g/mol. The van der Waals surface area contributed by atoms with Crippen LogP contribution in [0.2, 0.25) is 0 Å². The quantitative estimate of drug-likeness (QED) is 0.639. The molecule has 0 saturated heterocycles. The number of nitrogens with zero attached hydrogens (tertiary/aromatic N) is 1. The predicted octanol–water partition coefficient (Wildman–Crippen LogP) is 3.62. The van der Waals surface area contributed by atoms with Crippen LogP contribution in [0.15, 0.2) is 47.0 Å². The second-order valence-electron chi connectivity index (χ2n) is 4.18. The average Bonchev–Trinajstić information content (AvgIpc) is 2.82. The highest BCUT2D eigenvalue weighted by Gasteiger charge is 2.14. The molecule has 0 saturated carbocycles. The van der Waals surface area contributed by atoms with E-state index in [1.807, 2.05) is 49.4 Å². The molecule has 0 atom stereocenters. The molecule has 1 aromatic heterocycles. The van der Waals surface area contributed by atoms with Gasteiger partial charge in [0.15, 0.2) is 11.9 Å². The predicted molar refractivity (Wildman–Crippen MR) is 69.6 cm³/mol. The molecule has 3 rings (SSSR count). The van der Waals surface area contributed by atoms with Gasteiger partial charge in [-0.05, 0) is 24.6 Å². The highest BCUT2D eigenvalue weighted by molar-refractivity contribution is 5.97. The van der Waals surface area contributed by atoms with Gasteiger partial charge in [-0.15, -0.1) is 0 Å². The fourth-order valence-corrected chi connectivity index (χ4v) is 2.12. The van der Waals surface area contributed by atoms with Crippen LogP contribution in [0.1, 0.15) is 15.9 Å². The van der Waals surface area contributed by atoms with Gasteiger partial charge in [-0.2, -0.15) is 0 Å². The van der Waals surface area contributed by atoms with Gasteiger partial charge in [-0.1, -0.05) is 35.5 Å². The van der Waals surface area contributed by atoms with Crippen molar-refractivity contribution in [2.45, 2.75) is 6.92 Å². The molecule has 0 N–H and O–H groups in total. The number of carbonyl (C=O) groups excluding carboxylic acids is 1. The molecule has 3 heteroatoms. The summed E-state index contributed by atoms with van der Waals surface area (Å²) in [5.74, 6) is 0. The van der Waals surface area contributed by atoms with E-state index in [0.29, 0.717) is 5.56 Å². The summed E-state index contributed by atoms with van der Waals surface area (Å²) in [5, 5.41) is 5.00. The van der Waals surface area contributed by atoms with E-state index in [0.717, 1.165) is 34.1 Å². The van der Waals surface area contributed by atoms with E-state index >= 15 is 0 Å². The summed E-state index contributed by atoms with van der Waals surface area (Å²) in [4.78, 5) is 11.2. The summed E-state index contributed by atoms with van der Waals surface area (Å²) < 4.78 is 5.28. The first kappa shape index (κ1) is 10.7. The summed E-state index contributed by atoms with van der Waals surface area (Å²) in [6, 6.07) is 13.4. The third-order valence-corrected chi connectivity index (χ3v) is 3.07. The molecule has 0 aliphatic rings. The maximum atomic E-state index is 11.2. The van der Waals surface area contributed by atoms with Crippen LogP contribution in [0.5, 0.6) is 0 Å². The Morgan fingerprint density at radius 2 is 1.94 bits per heavy atom. The van der Waals surface area contributed by atoms with E-state index < -0.39 is 0 Å². The highest BCUT2D eigenvalue weighted by Crippen LogP contribution is 2.30. The van der Waals surface area contributed by atoms with Crippen LogP contribution in [-0.2, 0) is 0 Å². The van der Waals surface area contributed by atoms with Gasteiger partial charge in [-0.3, -0.25) is 4.79 Å². The topological polar surface area (TPSA) is 43.1 Å². The Morgan fingerprint density at radius 1 is 1.11 bits per heavy atom. The molecule has 18 heavy (non-hydrogen) atoms. The molecule has 0 bridgehead atoms. The molecule has 0 amide bonds. The SMILES string of the molecule is Cc1cccc(-c2noc3ccccc23)c1C=O. The number of rotatable bonds is 2. The molecule has 0 aliphatic heterocycles. The van der Waals surface area contributed by atoms with Gasteiger partial charge < -0.3 is 4.52 Å². The van der Waals surface area contributed by atoms with E-state index in [4.69, 9.17) is 4.52 Å². The van der Waals surface area contributed by atoms with E-state index in [1.165, 1.54) is 0 Å². The van der Waals surface area contributed by atoms with E-state index in [-0.39, 0.29) is 0 Å². The lowest BCUT2D eigenvalue weighted by Gasteiger charge is -2.04. The largest absolute Gasteiger partial charge is 0.356 e. The fraction of sp³-hybridized carbons (Fsp3) is 0.0667. The molecular formula is C15H11NO2. The van der Waals surface area contributed by atoms with Gasteiger partial charge in [0.25, 0.3) is 0 Å². The van der Waals surface area contributed by atoms with Gasteiger partial charge in [0, 0.05) is 16.5 Å². The van der Waals surface area contributed by atoms with Crippen LogP contribution >= 0.6 is 0 Å². The number of carbonyl (C=O) groups is 1. The van der Waals surface area contributed by atoms with Crippen LogP contribution in [-0.4, -0.2) is 11.4 Å². The van der Waals surface area contributed by atoms with Crippen LogP contribution in [0.25, 0.3) is 22.2 Å². The zero-order valence-electron chi connectivity index (χ0n) is 9.88. The van der Waals surface area contributed by atoms with Crippen molar-refractivity contribution in [2.75, 3.05) is 0 Å². The lowest BCUT2D eigenvalue weighted by Crippen LogP contribution is -1.91. The molecule has 0 spiro atoms. The lowest BCUT2D eigenvalue weighted by molar-refractivity contribution is 0.112.